The molecule has 12 nitrogen and oxygen atoms in total. The van der Waals surface area contributed by atoms with Crippen LogP contribution in [-0.2, 0) is 37.7 Å². The van der Waals surface area contributed by atoms with Crippen LogP contribution >= 0.6 is 7.75 Å². The first-order valence-electron chi connectivity index (χ1n) is 11.3. The third-order valence-electron chi connectivity index (χ3n) is 5.81. The van der Waals surface area contributed by atoms with Gasteiger partial charge in [-0.3, -0.25) is 23.8 Å². The third-order valence-corrected chi connectivity index (χ3v) is 7.45. The summed E-state index contributed by atoms with van der Waals surface area (Å²) in [4.78, 5) is 36.8. The Morgan fingerprint density at radius 1 is 1.31 bits per heavy atom. The molecule has 1 aromatic rings. The van der Waals surface area contributed by atoms with E-state index in [0.29, 0.717) is 13.0 Å². The Labute approximate surface area is 209 Å². The average Bonchev–Trinajstić information content (AvgIpc) is 3.09. The van der Waals surface area contributed by atoms with Gasteiger partial charge in [-0.15, -0.1) is 0 Å². The van der Waals surface area contributed by atoms with Gasteiger partial charge in [0, 0.05) is 19.5 Å². The first kappa shape index (κ1) is 28.0. The van der Waals surface area contributed by atoms with Crippen molar-refractivity contribution < 1.29 is 47.3 Å². The normalized spacial score (nSPS) is 27.8. The molecular weight excluding hydrogens is 495 g/mol. The number of aliphatic hydroxyl groups is 1. The van der Waals surface area contributed by atoms with E-state index in [1.807, 2.05) is 0 Å². The number of allylic oxidation sites excluding steroid dienone is 1. The summed E-state index contributed by atoms with van der Waals surface area (Å²) in [6, 6.07) is 7.14. The van der Waals surface area contributed by atoms with E-state index in [0.717, 1.165) is 0 Å². The predicted molar refractivity (Wildman–Crippen MR) is 126 cm³/mol. The van der Waals surface area contributed by atoms with Gasteiger partial charge in [0.05, 0.1) is 20.3 Å². The molecule has 0 bridgehead atoms. The number of ether oxygens (including phenoxy) is 3. The van der Waals surface area contributed by atoms with Crippen LogP contribution in [0, 0.1) is 0 Å². The van der Waals surface area contributed by atoms with Gasteiger partial charge in [-0.1, -0.05) is 18.2 Å². The predicted octanol–water partition coefficient (Wildman–Crippen LogP) is 1.54. The zero-order chi connectivity index (χ0) is 26.5. The molecular formula is C23H31N2O10P. The van der Waals surface area contributed by atoms with E-state index in [-0.39, 0.29) is 11.5 Å². The summed E-state index contributed by atoms with van der Waals surface area (Å²) in [5.41, 5.74) is -1.25. The SMILES string of the molecule is COC(=O)[C@H](C)NP(=O)(OCC1OC(N(/C=C\C(C)=O)C(C)=O)[C@@]2(CCO2)[C@@H]1O)Oc1ccccc1. The van der Waals surface area contributed by atoms with Crippen LogP contribution in [0.2, 0.25) is 0 Å². The fraction of sp³-hybridized carbons (Fsp3) is 0.522. The minimum absolute atomic E-state index is 0.215. The van der Waals surface area contributed by atoms with E-state index in [2.05, 4.69) is 9.82 Å². The summed E-state index contributed by atoms with van der Waals surface area (Å²) in [6.45, 7) is 3.95. The zero-order valence-electron chi connectivity index (χ0n) is 20.5. The van der Waals surface area contributed by atoms with Crippen LogP contribution in [-0.4, -0.2) is 78.1 Å². The Morgan fingerprint density at radius 2 is 1.97 bits per heavy atom. The second-order valence-corrected chi connectivity index (χ2v) is 10.1. The monoisotopic (exact) mass is 526 g/mol. The lowest BCUT2D eigenvalue weighted by molar-refractivity contribution is -0.232. The maximum atomic E-state index is 13.6. The molecule has 0 saturated carbocycles. The Kier molecular flexibility index (Phi) is 9.04. The minimum atomic E-state index is -4.19. The van der Waals surface area contributed by atoms with E-state index in [9.17, 15) is 24.1 Å². The van der Waals surface area contributed by atoms with Crippen LogP contribution in [0.1, 0.15) is 27.2 Å². The summed E-state index contributed by atoms with van der Waals surface area (Å²) in [7, 11) is -3.00. The quantitative estimate of drug-likeness (QED) is 0.246. The molecule has 1 amide bonds. The molecule has 36 heavy (non-hydrogen) atoms. The number of benzene rings is 1. The minimum Gasteiger partial charge on any atom is -0.468 e. The first-order chi connectivity index (χ1) is 17.0. The molecule has 3 unspecified atom stereocenters. The summed E-state index contributed by atoms with van der Waals surface area (Å²) >= 11 is 0. The van der Waals surface area contributed by atoms with Gasteiger partial charge in [0.2, 0.25) is 5.91 Å². The number of nitrogens with one attached hydrogen (secondary N) is 1. The van der Waals surface area contributed by atoms with Gasteiger partial charge in [-0.2, -0.15) is 5.09 Å². The van der Waals surface area contributed by atoms with E-state index < -0.39 is 56.3 Å². The second-order valence-electron chi connectivity index (χ2n) is 8.45. The molecule has 2 aliphatic heterocycles. The van der Waals surface area contributed by atoms with Crippen molar-refractivity contribution in [3.8, 4) is 5.75 Å². The number of hydrogen-bond acceptors (Lipinski definition) is 10. The number of hydrogen-bond donors (Lipinski definition) is 2. The van der Waals surface area contributed by atoms with Crippen LogP contribution in [0.15, 0.2) is 42.6 Å². The van der Waals surface area contributed by atoms with Crippen LogP contribution in [0.25, 0.3) is 0 Å². The number of amides is 1. The maximum Gasteiger partial charge on any atom is 0.459 e. The molecule has 3 rings (SSSR count). The largest absolute Gasteiger partial charge is 0.468 e. The highest BCUT2D eigenvalue weighted by molar-refractivity contribution is 7.52. The number of carbonyl (C=O) groups excluding carboxylic acids is 3. The zero-order valence-corrected chi connectivity index (χ0v) is 21.4. The number of para-hydroxylation sites is 1. The van der Waals surface area contributed by atoms with E-state index in [1.54, 1.807) is 30.3 Å². The summed E-state index contributed by atoms with van der Waals surface area (Å²) in [5.74, 6) is -1.20. The van der Waals surface area contributed by atoms with Crippen molar-refractivity contribution in [2.24, 2.45) is 0 Å². The first-order valence-corrected chi connectivity index (χ1v) is 12.9. The van der Waals surface area contributed by atoms with Crippen molar-refractivity contribution in [2.75, 3.05) is 20.3 Å². The van der Waals surface area contributed by atoms with Gasteiger partial charge in [0.25, 0.3) is 0 Å². The number of carbonyl (C=O) groups is 3. The molecule has 1 aromatic carbocycles. The Hall–Kier alpha value is -2.60. The van der Waals surface area contributed by atoms with Crippen LogP contribution in [0.3, 0.4) is 0 Å². The standard InChI is InChI=1S/C23H31N2O10P/c1-15(26)10-12-25(17(3)27)22-23(11-13-32-23)20(28)19(34-22)14-33-36(30,24-16(2)21(29)31-4)35-18-8-6-5-7-9-18/h5-10,12,16,19-20,22,28H,11,13-14H2,1-4H3,(H,24,30)/b12-10-/t16-,19?,20+,22?,23+,36?/m0/s1. The smallest absolute Gasteiger partial charge is 0.459 e. The summed E-state index contributed by atoms with van der Waals surface area (Å²) in [6.07, 6.45) is -0.536. The highest BCUT2D eigenvalue weighted by atomic mass is 31.2. The number of nitrogens with zero attached hydrogens (tertiary/aromatic N) is 1. The van der Waals surface area contributed by atoms with Gasteiger partial charge >= 0.3 is 13.7 Å². The van der Waals surface area contributed by atoms with Crippen molar-refractivity contribution in [3.05, 3.63) is 42.6 Å². The topological polar surface area (TPSA) is 150 Å². The van der Waals surface area contributed by atoms with E-state index in [1.165, 1.54) is 45.1 Å². The van der Waals surface area contributed by atoms with Crippen LogP contribution in [0.4, 0.5) is 0 Å². The molecule has 2 saturated heterocycles. The van der Waals surface area contributed by atoms with Crippen molar-refractivity contribution in [1.29, 1.82) is 0 Å². The molecule has 198 valence electrons. The highest BCUT2D eigenvalue weighted by Crippen LogP contribution is 2.48. The molecule has 2 fully saturated rings. The molecule has 13 heteroatoms. The number of ketones is 1. The number of methoxy groups -OCH3 is 1. The fourth-order valence-corrected chi connectivity index (χ4v) is 5.40. The summed E-state index contributed by atoms with van der Waals surface area (Å²) in [5, 5.41) is 13.6. The number of esters is 1. The van der Waals surface area contributed by atoms with Crippen molar-refractivity contribution in [1.82, 2.24) is 9.99 Å². The lowest BCUT2D eigenvalue weighted by Crippen LogP contribution is -2.62. The molecule has 0 aromatic heterocycles. The van der Waals surface area contributed by atoms with E-state index >= 15 is 0 Å². The molecule has 6 atom stereocenters. The van der Waals surface area contributed by atoms with Crippen molar-refractivity contribution >= 4 is 25.4 Å². The average molecular weight is 526 g/mol. The highest BCUT2D eigenvalue weighted by Gasteiger charge is 2.63. The summed E-state index contributed by atoms with van der Waals surface area (Å²) < 4.78 is 41.1. The third kappa shape index (κ3) is 6.20. The molecule has 2 N–H and O–H groups in total. The van der Waals surface area contributed by atoms with Gasteiger partial charge < -0.3 is 23.8 Å². The van der Waals surface area contributed by atoms with Gasteiger partial charge in [0.1, 0.15) is 29.6 Å². The fourth-order valence-electron chi connectivity index (χ4n) is 3.89. The molecule has 2 heterocycles. The Morgan fingerprint density at radius 3 is 2.50 bits per heavy atom. The lowest BCUT2D eigenvalue weighted by Gasteiger charge is -2.46. The van der Waals surface area contributed by atoms with Gasteiger partial charge in [0.15, 0.2) is 12.0 Å². The number of rotatable bonds is 11. The lowest BCUT2D eigenvalue weighted by atomic mass is 9.86. The van der Waals surface area contributed by atoms with Crippen LogP contribution in [0.5, 0.6) is 5.75 Å². The van der Waals surface area contributed by atoms with E-state index in [4.69, 9.17) is 18.5 Å². The second kappa shape index (κ2) is 11.6. The van der Waals surface area contributed by atoms with Crippen molar-refractivity contribution in [3.63, 3.8) is 0 Å². The molecule has 0 radical (unpaired) electrons. The Balaban J connectivity index is 1.80. The molecule has 1 spiro atoms. The van der Waals surface area contributed by atoms with Crippen LogP contribution < -0.4 is 9.61 Å². The van der Waals surface area contributed by atoms with Gasteiger partial charge in [-0.25, -0.2) is 4.57 Å². The maximum absolute atomic E-state index is 13.6. The van der Waals surface area contributed by atoms with Crippen molar-refractivity contribution in [2.45, 2.75) is 57.3 Å². The molecule has 0 aliphatic carbocycles. The number of aliphatic hydroxyl groups excluding tert-OH is 1. The van der Waals surface area contributed by atoms with Gasteiger partial charge in [-0.05, 0) is 32.1 Å². The Bertz CT molecular complexity index is 1030. The molecule has 2 aliphatic rings.